The summed E-state index contributed by atoms with van der Waals surface area (Å²) in [6.45, 7) is 3.30. The maximum absolute atomic E-state index is 6.05. The van der Waals surface area contributed by atoms with Crippen LogP contribution in [0.2, 0.25) is 5.02 Å². The highest BCUT2D eigenvalue weighted by atomic mass is 35.5. The Bertz CT molecular complexity index is 880. The summed E-state index contributed by atoms with van der Waals surface area (Å²) >= 11 is 6.05. The van der Waals surface area contributed by atoms with Gasteiger partial charge in [-0.25, -0.2) is 9.97 Å². The zero-order valence-corrected chi connectivity index (χ0v) is 15.5. The van der Waals surface area contributed by atoms with Crippen molar-refractivity contribution < 1.29 is 0 Å². The Balaban J connectivity index is 1.83. The first-order valence-electron chi connectivity index (χ1n) is 9.03. The molecule has 0 bridgehead atoms. The molecule has 26 heavy (non-hydrogen) atoms. The summed E-state index contributed by atoms with van der Waals surface area (Å²) in [6, 6.07) is 14.3. The van der Waals surface area contributed by atoms with E-state index in [-0.39, 0.29) is 0 Å². The highest BCUT2D eigenvalue weighted by Crippen LogP contribution is 2.29. The van der Waals surface area contributed by atoms with Gasteiger partial charge in [-0.2, -0.15) is 0 Å². The highest BCUT2D eigenvalue weighted by Gasteiger charge is 2.21. The Kier molecular flexibility index (Phi) is 4.85. The van der Waals surface area contributed by atoms with Gasteiger partial charge in [-0.15, -0.1) is 0 Å². The average molecular weight is 365 g/mol. The first-order valence-corrected chi connectivity index (χ1v) is 9.40. The van der Waals surface area contributed by atoms with Gasteiger partial charge in [0.15, 0.2) is 5.82 Å². The number of anilines is 1. The SMILES string of the molecule is CC1CCCCN1c1cc(-c2ccc(Cl)cc2)nc(-c2cccnc2)n1. The van der Waals surface area contributed by atoms with Crippen molar-refractivity contribution in [3.63, 3.8) is 0 Å². The Morgan fingerprint density at radius 1 is 1.04 bits per heavy atom. The van der Waals surface area contributed by atoms with Crippen LogP contribution in [0.5, 0.6) is 0 Å². The van der Waals surface area contributed by atoms with E-state index in [2.05, 4.69) is 22.9 Å². The van der Waals surface area contributed by atoms with E-state index >= 15 is 0 Å². The Hall–Kier alpha value is -2.46. The minimum Gasteiger partial charge on any atom is -0.354 e. The van der Waals surface area contributed by atoms with Crippen molar-refractivity contribution in [1.29, 1.82) is 0 Å². The van der Waals surface area contributed by atoms with Crippen LogP contribution in [-0.4, -0.2) is 27.5 Å². The molecule has 132 valence electrons. The molecule has 2 aromatic heterocycles. The lowest BCUT2D eigenvalue weighted by Gasteiger charge is -2.34. The van der Waals surface area contributed by atoms with Crippen molar-refractivity contribution in [2.45, 2.75) is 32.2 Å². The number of benzene rings is 1. The average Bonchev–Trinajstić information content (AvgIpc) is 2.69. The van der Waals surface area contributed by atoms with Crippen LogP contribution in [0.15, 0.2) is 54.9 Å². The van der Waals surface area contributed by atoms with Crippen LogP contribution in [0.3, 0.4) is 0 Å². The van der Waals surface area contributed by atoms with Gasteiger partial charge in [-0.3, -0.25) is 4.98 Å². The topological polar surface area (TPSA) is 41.9 Å². The van der Waals surface area contributed by atoms with E-state index in [1.165, 1.54) is 19.3 Å². The molecule has 0 saturated carbocycles. The first kappa shape index (κ1) is 17.0. The molecule has 0 N–H and O–H groups in total. The minimum absolute atomic E-state index is 0.485. The fourth-order valence-electron chi connectivity index (χ4n) is 3.41. The second kappa shape index (κ2) is 7.42. The summed E-state index contributed by atoms with van der Waals surface area (Å²) in [4.78, 5) is 16.3. The lowest BCUT2D eigenvalue weighted by molar-refractivity contribution is 0.481. The lowest BCUT2D eigenvalue weighted by Crippen LogP contribution is -2.38. The second-order valence-corrected chi connectivity index (χ2v) is 7.16. The molecule has 0 aliphatic carbocycles. The quantitative estimate of drug-likeness (QED) is 0.637. The smallest absolute Gasteiger partial charge is 0.163 e. The van der Waals surface area contributed by atoms with E-state index in [1.54, 1.807) is 6.20 Å². The molecule has 5 heteroatoms. The molecule has 1 atom stereocenters. The zero-order valence-electron chi connectivity index (χ0n) is 14.8. The Morgan fingerprint density at radius 2 is 1.88 bits per heavy atom. The summed E-state index contributed by atoms with van der Waals surface area (Å²) in [5.41, 5.74) is 2.87. The van der Waals surface area contributed by atoms with Crippen LogP contribution in [-0.2, 0) is 0 Å². The Morgan fingerprint density at radius 3 is 2.62 bits per heavy atom. The molecular formula is C21H21ClN4. The van der Waals surface area contributed by atoms with Gasteiger partial charge < -0.3 is 4.90 Å². The van der Waals surface area contributed by atoms with Gasteiger partial charge in [-0.1, -0.05) is 23.7 Å². The van der Waals surface area contributed by atoms with Crippen molar-refractivity contribution in [3.05, 3.63) is 59.9 Å². The van der Waals surface area contributed by atoms with E-state index in [0.29, 0.717) is 11.9 Å². The van der Waals surface area contributed by atoms with Crippen molar-refractivity contribution in [1.82, 2.24) is 15.0 Å². The first-order chi connectivity index (χ1) is 12.7. The molecule has 1 aliphatic heterocycles. The monoisotopic (exact) mass is 364 g/mol. The third-order valence-corrected chi connectivity index (χ3v) is 5.12. The number of piperidine rings is 1. The maximum Gasteiger partial charge on any atom is 0.163 e. The van der Waals surface area contributed by atoms with Crippen LogP contribution < -0.4 is 4.90 Å². The minimum atomic E-state index is 0.485. The summed E-state index contributed by atoms with van der Waals surface area (Å²) in [7, 11) is 0. The normalized spacial score (nSPS) is 17.3. The molecule has 0 spiro atoms. The molecule has 3 heterocycles. The van der Waals surface area contributed by atoms with Crippen LogP contribution in [0, 0.1) is 0 Å². The molecule has 1 aromatic carbocycles. The van der Waals surface area contributed by atoms with E-state index in [0.717, 1.165) is 34.2 Å². The molecular weight excluding hydrogens is 344 g/mol. The van der Waals surface area contributed by atoms with E-state index in [9.17, 15) is 0 Å². The summed E-state index contributed by atoms with van der Waals surface area (Å²) in [6.07, 6.45) is 7.25. The number of halogens is 1. The second-order valence-electron chi connectivity index (χ2n) is 6.72. The van der Waals surface area contributed by atoms with E-state index in [1.807, 2.05) is 42.6 Å². The maximum atomic E-state index is 6.05. The van der Waals surface area contributed by atoms with Gasteiger partial charge >= 0.3 is 0 Å². The number of hydrogen-bond acceptors (Lipinski definition) is 4. The molecule has 3 aromatic rings. The van der Waals surface area contributed by atoms with E-state index < -0.39 is 0 Å². The predicted octanol–water partition coefficient (Wildman–Crippen LogP) is 5.24. The van der Waals surface area contributed by atoms with Crippen LogP contribution in [0.4, 0.5) is 5.82 Å². The third-order valence-electron chi connectivity index (χ3n) is 4.87. The van der Waals surface area contributed by atoms with Gasteiger partial charge in [0.2, 0.25) is 0 Å². The summed E-state index contributed by atoms with van der Waals surface area (Å²) in [5, 5.41) is 0.722. The Labute approximate surface area is 158 Å². The fraction of sp³-hybridized carbons (Fsp3) is 0.286. The van der Waals surface area contributed by atoms with Gasteiger partial charge in [0.05, 0.1) is 5.69 Å². The van der Waals surface area contributed by atoms with Gasteiger partial charge in [0, 0.05) is 47.2 Å². The van der Waals surface area contributed by atoms with E-state index in [4.69, 9.17) is 21.6 Å². The van der Waals surface area contributed by atoms with Crippen molar-refractivity contribution in [2.24, 2.45) is 0 Å². The number of nitrogens with zero attached hydrogens (tertiary/aromatic N) is 4. The van der Waals surface area contributed by atoms with Gasteiger partial charge in [0.25, 0.3) is 0 Å². The standard InChI is InChI=1S/C21H21ClN4/c1-15-5-2-3-12-26(15)20-13-19(16-7-9-18(22)10-8-16)24-21(25-20)17-6-4-11-23-14-17/h4,6-11,13-15H,2-3,5,12H2,1H3. The lowest BCUT2D eigenvalue weighted by atomic mass is 10.0. The number of pyridine rings is 1. The van der Waals surface area contributed by atoms with Crippen LogP contribution in [0.25, 0.3) is 22.6 Å². The number of aromatic nitrogens is 3. The molecule has 0 radical (unpaired) electrons. The van der Waals surface area contributed by atoms with Crippen molar-refractivity contribution >= 4 is 17.4 Å². The predicted molar refractivity (Wildman–Crippen MR) is 106 cm³/mol. The van der Waals surface area contributed by atoms with Crippen LogP contribution in [0.1, 0.15) is 26.2 Å². The summed E-state index contributed by atoms with van der Waals surface area (Å²) in [5.74, 6) is 1.69. The number of rotatable bonds is 3. The highest BCUT2D eigenvalue weighted by molar-refractivity contribution is 6.30. The molecule has 4 rings (SSSR count). The number of hydrogen-bond donors (Lipinski definition) is 0. The van der Waals surface area contributed by atoms with Crippen molar-refractivity contribution in [2.75, 3.05) is 11.4 Å². The van der Waals surface area contributed by atoms with Gasteiger partial charge in [0.1, 0.15) is 5.82 Å². The fourth-order valence-corrected chi connectivity index (χ4v) is 3.54. The zero-order chi connectivity index (χ0) is 17.9. The van der Waals surface area contributed by atoms with Crippen molar-refractivity contribution in [3.8, 4) is 22.6 Å². The molecule has 1 unspecified atom stereocenters. The third kappa shape index (κ3) is 3.56. The molecule has 0 amide bonds. The molecule has 1 fully saturated rings. The van der Waals surface area contributed by atoms with Gasteiger partial charge in [-0.05, 0) is 50.5 Å². The van der Waals surface area contributed by atoms with Crippen LogP contribution >= 0.6 is 11.6 Å². The molecule has 1 saturated heterocycles. The molecule has 1 aliphatic rings. The molecule has 4 nitrogen and oxygen atoms in total. The largest absolute Gasteiger partial charge is 0.354 e. The summed E-state index contributed by atoms with van der Waals surface area (Å²) < 4.78 is 0.